The van der Waals surface area contributed by atoms with Gasteiger partial charge in [0.1, 0.15) is 10.3 Å². The topological polar surface area (TPSA) is 94.6 Å². The van der Waals surface area contributed by atoms with Crippen molar-refractivity contribution in [3.05, 3.63) is 58.7 Å². The number of urea groups is 1. The Kier molecular flexibility index (Phi) is 6.18. The summed E-state index contributed by atoms with van der Waals surface area (Å²) in [6, 6.07) is 5.59. The molecule has 0 bridgehead atoms. The minimum atomic E-state index is -0.580. The maximum absolute atomic E-state index is 13.3. The first-order chi connectivity index (χ1) is 16.4. The summed E-state index contributed by atoms with van der Waals surface area (Å²) in [6.07, 6.45) is 4.49. The van der Waals surface area contributed by atoms with Crippen LogP contribution >= 0.6 is 35.0 Å². The number of hydrogen-bond donors (Lipinski definition) is 2. The third kappa shape index (κ3) is 4.12. The number of anilines is 2. The molecule has 1 fully saturated rings. The third-order valence-corrected chi connectivity index (χ3v) is 7.85. The highest BCUT2D eigenvalue weighted by Gasteiger charge is 2.47. The van der Waals surface area contributed by atoms with Crippen molar-refractivity contribution < 1.29 is 14.4 Å². The highest BCUT2D eigenvalue weighted by molar-refractivity contribution is 8.01. The van der Waals surface area contributed by atoms with Crippen molar-refractivity contribution >= 4 is 64.2 Å². The molecule has 5 rings (SSSR count). The number of piperidine rings is 1. The summed E-state index contributed by atoms with van der Waals surface area (Å²) in [4.78, 5) is 46.1. The van der Waals surface area contributed by atoms with Gasteiger partial charge in [0.05, 0.1) is 17.4 Å². The normalized spacial score (nSPS) is 23.2. The quantitative estimate of drug-likeness (QED) is 0.596. The number of aromatic nitrogens is 1. The zero-order valence-electron chi connectivity index (χ0n) is 18.0. The van der Waals surface area contributed by atoms with Gasteiger partial charge < -0.3 is 15.5 Å². The minimum Gasteiger partial charge on any atom is -0.351 e. The molecule has 1 saturated heterocycles. The molecule has 2 aromatic rings. The number of thioether (sulfide) groups is 1. The second-order valence-electron chi connectivity index (χ2n) is 8.31. The number of pyridine rings is 1. The van der Waals surface area contributed by atoms with Crippen molar-refractivity contribution in [1.29, 1.82) is 0 Å². The van der Waals surface area contributed by atoms with Crippen LogP contribution in [0.3, 0.4) is 0 Å². The molecule has 3 aliphatic rings. The summed E-state index contributed by atoms with van der Waals surface area (Å²) in [5, 5.41) is 6.96. The van der Waals surface area contributed by atoms with Gasteiger partial charge in [-0.25, -0.2) is 9.78 Å². The minimum absolute atomic E-state index is 0.142. The van der Waals surface area contributed by atoms with Gasteiger partial charge in [0.15, 0.2) is 0 Å². The summed E-state index contributed by atoms with van der Waals surface area (Å²) in [5.41, 5.74) is 1.95. The van der Waals surface area contributed by atoms with E-state index >= 15 is 0 Å². The number of carbonyl (C=O) groups excluding carboxylic acids is 3. The van der Waals surface area contributed by atoms with Crippen LogP contribution in [0.5, 0.6) is 0 Å². The molecule has 176 valence electrons. The van der Waals surface area contributed by atoms with Gasteiger partial charge in [-0.3, -0.25) is 14.5 Å². The summed E-state index contributed by atoms with van der Waals surface area (Å²) in [5.74, 6) is -0.340. The molecule has 2 unspecified atom stereocenters. The molecule has 1 aromatic carbocycles. The molecule has 2 N–H and O–H groups in total. The average molecular weight is 518 g/mol. The molecule has 0 spiro atoms. The van der Waals surface area contributed by atoms with Crippen LogP contribution in [0, 0.1) is 0 Å². The highest BCUT2D eigenvalue weighted by Crippen LogP contribution is 2.50. The van der Waals surface area contributed by atoms with Crippen molar-refractivity contribution in [3.63, 3.8) is 0 Å². The van der Waals surface area contributed by atoms with Crippen LogP contribution in [-0.4, -0.2) is 52.1 Å². The molecule has 4 amide bonds. The van der Waals surface area contributed by atoms with Crippen molar-refractivity contribution in [3.8, 4) is 0 Å². The van der Waals surface area contributed by atoms with E-state index in [1.807, 2.05) is 0 Å². The first kappa shape index (κ1) is 23.0. The standard InChI is InChI=1S/C23H21Cl2N5O3S/c1-2-17(31)29-7-3-4-14(11-29)27-21(32)20-19-18-16(5-6-26-22(18)34-20)30(23(33)28-19)15-9-12(24)8-13(25)10-15/h2,5-6,8-10,14,19-20H,1,3-4,7,11H2,(H,27,32)(H,28,33)/t14?,19?,20-/m1/s1. The van der Waals surface area contributed by atoms with E-state index in [2.05, 4.69) is 22.2 Å². The predicted molar refractivity (Wildman–Crippen MR) is 132 cm³/mol. The van der Waals surface area contributed by atoms with Gasteiger partial charge in [0.25, 0.3) is 0 Å². The fourth-order valence-corrected chi connectivity index (χ4v) is 6.41. The molecule has 4 heterocycles. The largest absolute Gasteiger partial charge is 0.351 e. The van der Waals surface area contributed by atoms with E-state index in [1.165, 1.54) is 22.7 Å². The van der Waals surface area contributed by atoms with Crippen molar-refractivity contribution in [2.75, 3.05) is 18.0 Å². The van der Waals surface area contributed by atoms with E-state index in [0.29, 0.717) is 39.5 Å². The maximum atomic E-state index is 13.3. The molecule has 0 saturated carbocycles. The number of likely N-dealkylation sites (tertiary alicyclic amines) is 1. The van der Waals surface area contributed by atoms with Crippen LogP contribution in [0.1, 0.15) is 24.4 Å². The zero-order chi connectivity index (χ0) is 24.0. The van der Waals surface area contributed by atoms with Crippen molar-refractivity contribution in [2.24, 2.45) is 0 Å². The first-order valence-electron chi connectivity index (χ1n) is 10.8. The molecule has 3 aliphatic heterocycles. The zero-order valence-corrected chi connectivity index (χ0v) is 20.3. The van der Waals surface area contributed by atoms with E-state index in [9.17, 15) is 14.4 Å². The number of nitrogens with one attached hydrogen (secondary N) is 2. The smallest absolute Gasteiger partial charge is 0.327 e. The van der Waals surface area contributed by atoms with Gasteiger partial charge in [-0.15, -0.1) is 0 Å². The monoisotopic (exact) mass is 517 g/mol. The van der Waals surface area contributed by atoms with Crippen LogP contribution in [-0.2, 0) is 9.59 Å². The van der Waals surface area contributed by atoms with Gasteiger partial charge in [0, 0.05) is 40.9 Å². The number of rotatable bonds is 4. The summed E-state index contributed by atoms with van der Waals surface area (Å²) >= 11 is 13.7. The summed E-state index contributed by atoms with van der Waals surface area (Å²) < 4.78 is 0. The molecular formula is C23H21Cl2N5O3S. The van der Waals surface area contributed by atoms with Gasteiger partial charge in [0.2, 0.25) is 11.8 Å². The fraction of sp³-hybridized carbons (Fsp3) is 0.304. The lowest BCUT2D eigenvalue weighted by atomic mass is 9.99. The van der Waals surface area contributed by atoms with Crippen LogP contribution < -0.4 is 15.5 Å². The lowest BCUT2D eigenvalue weighted by molar-refractivity contribution is -0.129. The third-order valence-electron chi connectivity index (χ3n) is 6.12. The summed E-state index contributed by atoms with van der Waals surface area (Å²) in [7, 11) is 0. The Balaban J connectivity index is 1.40. The van der Waals surface area contributed by atoms with Crippen LogP contribution in [0.15, 0.2) is 48.1 Å². The lowest BCUT2D eigenvalue weighted by Crippen LogP contribution is -2.53. The number of halogens is 2. The molecular weight excluding hydrogens is 497 g/mol. The molecule has 3 atom stereocenters. The predicted octanol–water partition coefficient (Wildman–Crippen LogP) is 4.06. The van der Waals surface area contributed by atoms with Gasteiger partial charge in [-0.05, 0) is 43.2 Å². The molecule has 1 aromatic heterocycles. The Bertz CT molecular complexity index is 1190. The van der Waals surface area contributed by atoms with Gasteiger partial charge >= 0.3 is 6.03 Å². The Hall–Kier alpha value is -2.75. The SMILES string of the molecule is C=CC(=O)N1CCCC(NC(=O)[C@@H]2Sc3nccc4c3C2NC(=O)N4c2cc(Cl)cc(Cl)c2)C1. The lowest BCUT2D eigenvalue weighted by Gasteiger charge is -2.35. The second-order valence-corrected chi connectivity index (χ2v) is 10.3. The van der Waals surface area contributed by atoms with Gasteiger partial charge in [-0.1, -0.05) is 41.5 Å². The Morgan fingerprint density at radius 1 is 1.26 bits per heavy atom. The molecule has 34 heavy (non-hydrogen) atoms. The molecule has 8 nitrogen and oxygen atoms in total. The van der Waals surface area contributed by atoms with Gasteiger partial charge in [-0.2, -0.15) is 0 Å². The first-order valence-corrected chi connectivity index (χ1v) is 12.4. The molecule has 11 heteroatoms. The fourth-order valence-electron chi connectivity index (χ4n) is 4.66. The Morgan fingerprint density at radius 3 is 2.76 bits per heavy atom. The van der Waals surface area contributed by atoms with E-state index in [4.69, 9.17) is 23.2 Å². The van der Waals surface area contributed by atoms with Crippen molar-refractivity contribution in [1.82, 2.24) is 20.5 Å². The molecule has 0 aliphatic carbocycles. The number of amides is 4. The number of carbonyl (C=O) groups is 3. The van der Waals surface area contributed by atoms with Crippen LogP contribution in [0.25, 0.3) is 0 Å². The number of nitrogens with zero attached hydrogens (tertiary/aromatic N) is 3. The second kappa shape index (κ2) is 9.13. The highest BCUT2D eigenvalue weighted by atomic mass is 35.5. The van der Waals surface area contributed by atoms with E-state index < -0.39 is 11.3 Å². The van der Waals surface area contributed by atoms with E-state index in [-0.39, 0.29) is 23.9 Å². The molecule has 0 radical (unpaired) electrons. The van der Waals surface area contributed by atoms with Crippen LogP contribution in [0.2, 0.25) is 10.0 Å². The van der Waals surface area contributed by atoms with Crippen molar-refractivity contribution in [2.45, 2.75) is 35.2 Å². The van der Waals surface area contributed by atoms with Crippen LogP contribution in [0.4, 0.5) is 16.2 Å². The Labute approximate surface area is 210 Å². The number of hydrogen-bond acceptors (Lipinski definition) is 5. The van der Waals surface area contributed by atoms with E-state index in [0.717, 1.165) is 18.4 Å². The Morgan fingerprint density at radius 2 is 2.03 bits per heavy atom. The summed E-state index contributed by atoms with van der Waals surface area (Å²) in [6.45, 7) is 4.62. The maximum Gasteiger partial charge on any atom is 0.327 e. The average Bonchev–Trinajstić information content (AvgIpc) is 3.17. The number of benzene rings is 1. The van der Waals surface area contributed by atoms with E-state index in [1.54, 1.807) is 35.4 Å².